The van der Waals surface area contributed by atoms with Crippen molar-refractivity contribution in [2.45, 2.75) is 26.6 Å². The minimum absolute atomic E-state index is 0.0847. The molecule has 0 aliphatic heterocycles. The largest absolute Gasteiger partial charge is 0.367 e. The number of aliphatic imine (C=N–C) groups is 1. The van der Waals surface area contributed by atoms with E-state index in [1.807, 2.05) is 49.7 Å². The highest BCUT2D eigenvalue weighted by Gasteiger charge is 2.04. The zero-order chi connectivity index (χ0) is 15.1. The molecule has 0 radical (unpaired) electrons. The Bertz CT molecular complexity index is 616. The number of hydrogen-bond acceptors (Lipinski definition) is 4. The Labute approximate surface area is 125 Å². The molecular weight excluding hydrogens is 264 g/mol. The summed E-state index contributed by atoms with van der Waals surface area (Å²) in [6, 6.07) is 5.78. The van der Waals surface area contributed by atoms with Gasteiger partial charge in [-0.1, -0.05) is 12.1 Å². The molecule has 0 saturated carbocycles. The first-order valence-electron chi connectivity index (χ1n) is 6.89. The monoisotopic (exact) mass is 284 g/mol. The molecule has 21 heavy (non-hydrogen) atoms. The Morgan fingerprint density at radius 3 is 2.95 bits per heavy atom. The van der Waals surface area contributed by atoms with E-state index in [0.29, 0.717) is 6.61 Å². The highest BCUT2D eigenvalue weighted by Crippen LogP contribution is 2.12. The average Bonchev–Trinajstić information content (AvgIpc) is 2.92. The van der Waals surface area contributed by atoms with Crippen LogP contribution in [0, 0.1) is 0 Å². The summed E-state index contributed by atoms with van der Waals surface area (Å²) in [5.74, 6) is 0. The Hall–Kier alpha value is -2.27. The van der Waals surface area contributed by atoms with Crippen LogP contribution in [-0.2, 0) is 18.4 Å². The number of aryl methyl sites for hydroxylation is 1. The van der Waals surface area contributed by atoms with Gasteiger partial charge in [0.2, 0.25) is 0 Å². The van der Waals surface area contributed by atoms with Crippen LogP contribution in [0.2, 0.25) is 0 Å². The van der Waals surface area contributed by atoms with E-state index in [1.54, 1.807) is 24.9 Å². The van der Waals surface area contributed by atoms with E-state index in [9.17, 15) is 0 Å². The van der Waals surface area contributed by atoms with Gasteiger partial charge in [0.25, 0.3) is 0 Å². The first-order valence-corrected chi connectivity index (χ1v) is 6.89. The number of ether oxygens (including phenoxy) is 1. The standard InChI is InChI=1S/C16H20N4O/c1-4-15(16-7-5-6-8-18-16)19-9-13(2)21-11-14-10-17-12-20(14)3/h4-10,12-13H,11H2,1-3H3/b15-4-,19-9?. The number of imidazole rings is 1. The van der Waals surface area contributed by atoms with Crippen LogP contribution in [0.1, 0.15) is 25.2 Å². The quantitative estimate of drug-likeness (QED) is 0.766. The Morgan fingerprint density at radius 2 is 2.33 bits per heavy atom. The summed E-state index contributed by atoms with van der Waals surface area (Å²) in [4.78, 5) is 12.8. The Morgan fingerprint density at radius 1 is 1.48 bits per heavy atom. The van der Waals surface area contributed by atoms with Gasteiger partial charge in [-0.25, -0.2) is 4.98 Å². The van der Waals surface area contributed by atoms with Gasteiger partial charge < -0.3 is 9.30 Å². The van der Waals surface area contributed by atoms with Crippen molar-refractivity contribution in [3.8, 4) is 0 Å². The summed E-state index contributed by atoms with van der Waals surface area (Å²) in [7, 11) is 1.95. The van der Waals surface area contributed by atoms with Crippen LogP contribution in [0.25, 0.3) is 5.70 Å². The van der Waals surface area contributed by atoms with Crippen molar-refractivity contribution in [3.63, 3.8) is 0 Å². The molecule has 0 bridgehead atoms. The lowest BCUT2D eigenvalue weighted by Gasteiger charge is -2.09. The molecule has 0 amide bonds. The van der Waals surface area contributed by atoms with Gasteiger partial charge in [0.1, 0.15) is 0 Å². The fraction of sp³-hybridized carbons (Fsp3) is 0.312. The number of pyridine rings is 1. The number of rotatable bonds is 6. The van der Waals surface area contributed by atoms with Gasteiger partial charge in [-0.3, -0.25) is 9.98 Å². The van der Waals surface area contributed by atoms with Gasteiger partial charge in [0.15, 0.2) is 0 Å². The van der Waals surface area contributed by atoms with E-state index in [2.05, 4.69) is 15.0 Å². The lowest BCUT2D eigenvalue weighted by molar-refractivity contribution is 0.0950. The van der Waals surface area contributed by atoms with Gasteiger partial charge in [-0.15, -0.1) is 0 Å². The van der Waals surface area contributed by atoms with Crippen LogP contribution in [0.4, 0.5) is 0 Å². The van der Waals surface area contributed by atoms with E-state index in [4.69, 9.17) is 4.74 Å². The first kappa shape index (κ1) is 15.1. The smallest absolute Gasteiger partial charge is 0.0946 e. The molecule has 0 fully saturated rings. The maximum Gasteiger partial charge on any atom is 0.0946 e. The van der Waals surface area contributed by atoms with Crippen molar-refractivity contribution >= 4 is 11.9 Å². The molecule has 1 unspecified atom stereocenters. The maximum atomic E-state index is 5.74. The Kier molecular flexibility index (Phi) is 5.40. The van der Waals surface area contributed by atoms with Crippen LogP contribution in [0.5, 0.6) is 0 Å². The number of nitrogens with zero attached hydrogens (tertiary/aromatic N) is 4. The minimum atomic E-state index is -0.0847. The van der Waals surface area contributed by atoms with Crippen molar-refractivity contribution in [1.29, 1.82) is 0 Å². The van der Waals surface area contributed by atoms with E-state index in [0.717, 1.165) is 17.1 Å². The van der Waals surface area contributed by atoms with Crippen molar-refractivity contribution in [2.75, 3.05) is 0 Å². The zero-order valence-corrected chi connectivity index (χ0v) is 12.6. The van der Waals surface area contributed by atoms with Crippen LogP contribution < -0.4 is 0 Å². The Balaban J connectivity index is 1.92. The average molecular weight is 284 g/mol. The lowest BCUT2D eigenvalue weighted by Crippen LogP contribution is -2.11. The van der Waals surface area contributed by atoms with Gasteiger partial charge in [0.05, 0.1) is 42.3 Å². The van der Waals surface area contributed by atoms with Gasteiger partial charge in [0, 0.05) is 19.5 Å². The predicted molar refractivity (Wildman–Crippen MR) is 83.8 cm³/mol. The van der Waals surface area contributed by atoms with E-state index < -0.39 is 0 Å². The zero-order valence-electron chi connectivity index (χ0n) is 12.6. The van der Waals surface area contributed by atoms with Crippen molar-refractivity contribution in [3.05, 3.63) is 54.4 Å². The van der Waals surface area contributed by atoms with Gasteiger partial charge >= 0.3 is 0 Å². The van der Waals surface area contributed by atoms with Crippen molar-refractivity contribution in [2.24, 2.45) is 12.0 Å². The molecule has 5 nitrogen and oxygen atoms in total. The fourth-order valence-corrected chi connectivity index (χ4v) is 1.77. The number of aromatic nitrogens is 3. The molecule has 0 aromatic carbocycles. The molecule has 2 heterocycles. The van der Waals surface area contributed by atoms with Crippen LogP contribution in [0.3, 0.4) is 0 Å². The second kappa shape index (κ2) is 7.50. The van der Waals surface area contributed by atoms with Crippen LogP contribution in [0.15, 0.2) is 48.0 Å². The summed E-state index contributed by atoms with van der Waals surface area (Å²) in [5.41, 5.74) is 2.73. The lowest BCUT2D eigenvalue weighted by atomic mass is 10.2. The third-order valence-electron chi connectivity index (χ3n) is 3.03. The normalized spacial score (nSPS) is 13.8. The number of hydrogen-bond donors (Lipinski definition) is 0. The predicted octanol–water partition coefficient (Wildman–Crippen LogP) is 2.85. The molecule has 2 rings (SSSR count). The molecule has 2 aromatic heterocycles. The SMILES string of the molecule is C/C=C(\N=CC(C)OCc1cncn1C)c1ccccn1. The highest BCUT2D eigenvalue weighted by atomic mass is 16.5. The van der Waals surface area contributed by atoms with Crippen molar-refractivity contribution < 1.29 is 4.74 Å². The second-order valence-corrected chi connectivity index (χ2v) is 4.68. The van der Waals surface area contributed by atoms with Gasteiger partial charge in [-0.05, 0) is 26.0 Å². The molecule has 0 spiro atoms. The summed E-state index contributed by atoms with van der Waals surface area (Å²) in [6.07, 6.45) is 8.97. The number of allylic oxidation sites excluding steroid dienone is 1. The molecule has 110 valence electrons. The van der Waals surface area contributed by atoms with E-state index in [-0.39, 0.29) is 6.10 Å². The van der Waals surface area contributed by atoms with Gasteiger partial charge in [-0.2, -0.15) is 0 Å². The summed E-state index contributed by atoms with van der Waals surface area (Å²) >= 11 is 0. The summed E-state index contributed by atoms with van der Waals surface area (Å²) < 4.78 is 7.68. The summed E-state index contributed by atoms with van der Waals surface area (Å²) in [5, 5.41) is 0. The topological polar surface area (TPSA) is 52.3 Å². The fourth-order valence-electron chi connectivity index (χ4n) is 1.77. The molecule has 1 atom stereocenters. The van der Waals surface area contributed by atoms with Crippen molar-refractivity contribution in [1.82, 2.24) is 14.5 Å². The van der Waals surface area contributed by atoms with Crippen LogP contribution >= 0.6 is 0 Å². The minimum Gasteiger partial charge on any atom is -0.367 e. The first-order chi connectivity index (χ1) is 10.2. The highest BCUT2D eigenvalue weighted by molar-refractivity contribution is 5.74. The molecule has 5 heteroatoms. The molecular formula is C16H20N4O. The third kappa shape index (κ3) is 4.36. The second-order valence-electron chi connectivity index (χ2n) is 4.68. The van der Waals surface area contributed by atoms with E-state index >= 15 is 0 Å². The molecule has 2 aromatic rings. The molecule has 0 aliphatic rings. The maximum absolute atomic E-state index is 5.74. The van der Waals surface area contributed by atoms with Crippen LogP contribution in [-0.4, -0.2) is 26.9 Å². The molecule has 0 aliphatic carbocycles. The molecule has 0 N–H and O–H groups in total. The summed E-state index contributed by atoms with van der Waals surface area (Å²) in [6.45, 7) is 4.42. The molecule has 0 saturated heterocycles. The van der Waals surface area contributed by atoms with E-state index in [1.165, 1.54) is 0 Å². The third-order valence-corrected chi connectivity index (χ3v) is 3.03.